The van der Waals surface area contributed by atoms with Gasteiger partial charge in [0, 0.05) is 22.2 Å². The number of aryl methyl sites for hydroxylation is 2. The molecule has 2 aromatic carbocycles. The van der Waals surface area contributed by atoms with Crippen LogP contribution < -0.4 is 10.4 Å². The van der Waals surface area contributed by atoms with Gasteiger partial charge in [-0.1, -0.05) is 24.3 Å². The smallest absolute Gasteiger partial charge is 0.353 e. The molecule has 0 saturated carbocycles. The molecule has 2 rings (SSSR count). The van der Waals surface area contributed by atoms with Crippen LogP contribution in [0.25, 0.3) is 0 Å². The SMILES string of the molecule is Cc1cccc([NH+]=O)c1C(=O)OC(=O)c1c(C)cccc1[NH+]([O-])[O-]. The zero-order chi connectivity index (χ0) is 17.9. The van der Waals surface area contributed by atoms with Gasteiger partial charge in [-0.05, 0) is 25.0 Å². The Kier molecular flexibility index (Phi) is 5.14. The van der Waals surface area contributed by atoms with E-state index in [0.717, 1.165) is 0 Å². The van der Waals surface area contributed by atoms with Crippen molar-refractivity contribution in [2.75, 3.05) is 0 Å². The van der Waals surface area contributed by atoms with Crippen molar-refractivity contribution < 1.29 is 24.7 Å². The molecule has 2 aromatic rings. The Balaban J connectivity index is 2.38. The summed E-state index contributed by atoms with van der Waals surface area (Å²) >= 11 is 0. The third-order valence-corrected chi connectivity index (χ3v) is 3.47. The number of hydrogen-bond acceptors (Lipinski definition) is 6. The molecule has 0 aliphatic carbocycles. The fraction of sp³-hybridized carbons (Fsp3) is 0.125. The molecule has 124 valence electrons. The van der Waals surface area contributed by atoms with Gasteiger partial charge >= 0.3 is 11.9 Å². The number of carbonyl (C=O) groups excluding carboxylic acids is 2. The van der Waals surface area contributed by atoms with E-state index < -0.39 is 17.2 Å². The molecule has 8 nitrogen and oxygen atoms in total. The van der Waals surface area contributed by atoms with Crippen LogP contribution in [0.1, 0.15) is 31.8 Å². The van der Waals surface area contributed by atoms with Gasteiger partial charge in [0.05, 0.1) is 0 Å². The Bertz CT molecular complexity index is 816. The fourth-order valence-corrected chi connectivity index (χ4v) is 2.32. The number of esters is 2. The number of hydrogen-bond donors (Lipinski definition) is 2. The highest BCUT2D eigenvalue weighted by atomic mass is 16.8. The standard InChI is InChI=1S/C16H13N2O6/c1-9-5-3-7-11(17-21)13(9)15(19)24-16(20)14-10(2)6-4-8-12(14)18(22)23/h3-8,18H,1-2H3/q-1/p+1. The van der Waals surface area contributed by atoms with Crippen molar-refractivity contribution in [2.24, 2.45) is 0 Å². The largest absolute Gasteiger partial charge is 0.628 e. The second kappa shape index (κ2) is 7.09. The molecule has 0 aliphatic heterocycles. The molecule has 0 radical (unpaired) electrons. The minimum atomic E-state index is -1.56. The number of benzene rings is 2. The first kappa shape index (κ1) is 17.4. The van der Waals surface area contributed by atoms with Crippen LogP contribution in [0.3, 0.4) is 0 Å². The number of carbonyl (C=O) groups is 2. The molecule has 0 fully saturated rings. The average Bonchev–Trinajstić information content (AvgIpc) is 2.53. The van der Waals surface area contributed by atoms with E-state index in [1.165, 1.54) is 31.2 Å². The lowest BCUT2D eigenvalue weighted by atomic mass is 10.1. The first-order valence-corrected chi connectivity index (χ1v) is 6.92. The van der Waals surface area contributed by atoms with E-state index in [1.54, 1.807) is 24.2 Å². The summed E-state index contributed by atoms with van der Waals surface area (Å²) < 4.78 is 4.77. The summed E-state index contributed by atoms with van der Waals surface area (Å²) in [5, 5.41) is 22.3. The second-order valence-corrected chi connectivity index (χ2v) is 5.06. The normalized spacial score (nSPS) is 10.5. The van der Waals surface area contributed by atoms with Crippen LogP contribution >= 0.6 is 0 Å². The molecule has 0 saturated heterocycles. The summed E-state index contributed by atoms with van der Waals surface area (Å²) in [7, 11) is 0. The molecule has 0 unspecified atom stereocenters. The van der Waals surface area contributed by atoms with E-state index in [-0.39, 0.29) is 22.5 Å². The molecule has 24 heavy (non-hydrogen) atoms. The maximum absolute atomic E-state index is 12.3. The van der Waals surface area contributed by atoms with Gasteiger partial charge in [0.2, 0.25) is 0 Å². The van der Waals surface area contributed by atoms with E-state index in [2.05, 4.69) is 0 Å². The summed E-state index contributed by atoms with van der Waals surface area (Å²) in [6.45, 7) is 3.08. The van der Waals surface area contributed by atoms with Crippen LogP contribution in [0.5, 0.6) is 0 Å². The van der Waals surface area contributed by atoms with Gasteiger partial charge in [-0.2, -0.15) is 0 Å². The number of nitrogens with one attached hydrogen (secondary N) is 2. The minimum Gasteiger partial charge on any atom is -0.628 e. The number of nitroso groups, excluding NO2 is 1. The van der Waals surface area contributed by atoms with Crippen LogP contribution in [0.15, 0.2) is 36.4 Å². The average molecular weight is 330 g/mol. The molecule has 0 spiro atoms. The number of quaternary nitrogens is 1. The Hall–Kier alpha value is -2.94. The van der Waals surface area contributed by atoms with Crippen LogP contribution in [0.4, 0.5) is 11.4 Å². The Labute approximate surface area is 136 Å². The molecule has 0 heterocycles. The topological polar surface area (TPSA) is 125 Å². The van der Waals surface area contributed by atoms with E-state index in [4.69, 9.17) is 4.74 Å². The van der Waals surface area contributed by atoms with Crippen molar-refractivity contribution >= 4 is 23.3 Å². The lowest BCUT2D eigenvalue weighted by Crippen LogP contribution is -2.96. The third kappa shape index (κ3) is 3.35. The molecular formula is C16H14N2O6. The van der Waals surface area contributed by atoms with Crippen molar-refractivity contribution in [3.05, 3.63) is 74.0 Å². The molecule has 0 amide bonds. The van der Waals surface area contributed by atoms with E-state index in [0.29, 0.717) is 11.1 Å². The zero-order valence-electron chi connectivity index (χ0n) is 12.9. The predicted octanol–water partition coefficient (Wildman–Crippen LogP) is 0.291. The van der Waals surface area contributed by atoms with Gasteiger partial charge in [-0.3, -0.25) is 0 Å². The van der Waals surface area contributed by atoms with Crippen molar-refractivity contribution in [1.82, 2.24) is 0 Å². The van der Waals surface area contributed by atoms with Crippen LogP contribution in [0.2, 0.25) is 0 Å². The predicted molar refractivity (Wildman–Crippen MR) is 83.5 cm³/mol. The lowest BCUT2D eigenvalue weighted by Gasteiger charge is -2.26. The van der Waals surface area contributed by atoms with Crippen LogP contribution in [-0.4, -0.2) is 11.9 Å². The van der Waals surface area contributed by atoms with Crippen molar-refractivity contribution in [3.63, 3.8) is 0 Å². The van der Waals surface area contributed by atoms with Crippen molar-refractivity contribution in [1.29, 1.82) is 0 Å². The first-order chi connectivity index (χ1) is 11.4. The fourth-order valence-electron chi connectivity index (χ4n) is 2.32. The number of rotatable bonds is 4. The molecule has 0 bridgehead atoms. The highest BCUT2D eigenvalue weighted by Gasteiger charge is 2.26. The van der Waals surface area contributed by atoms with Crippen LogP contribution in [-0.2, 0) is 4.74 Å². The van der Waals surface area contributed by atoms with Gasteiger partial charge < -0.3 is 20.4 Å². The van der Waals surface area contributed by atoms with E-state index in [1.807, 2.05) is 0 Å². The summed E-state index contributed by atoms with van der Waals surface area (Å²) in [6.07, 6.45) is 0. The summed E-state index contributed by atoms with van der Waals surface area (Å²) in [5.74, 6) is -2.18. The Morgan fingerprint density at radius 2 is 1.50 bits per heavy atom. The van der Waals surface area contributed by atoms with Gasteiger partial charge in [-0.15, -0.1) is 0 Å². The molecule has 8 heteroatoms. The summed E-state index contributed by atoms with van der Waals surface area (Å²) in [6, 6.07) is 8.63. The Morgan fingerprint density at radius 3 is 2.08 bits per heavy atom. The second-order valence-electron chi connectivity index (χ2n) is 5.06. The van der Waals surface area contributed by atoms with Gasteiger partial charge in [0.25, 0.3) is 5.69 Å². The van der Waals surface area contributed by atoms with Crippen LogP contribution in [0, 0.1) is 29.2 Å². The minimum absolute atomic E-state index is 0.0438. The summed E-state index contributed by atoms with van der Waals surface area (Å²) in [4.78, 5) is 35.4. The van der Waals surface area contributed by atoms with E-state index in [9.17, 15) is 24.9 Å². The first-order valence-electron chi connectivity index (χ1n) is 6.92. The maximum atomic E-state index is 12.3. The summed E-state index contributed by atoms with van der Waals surface area (Å²) in [5.41, 5.74) is -0.0296. The molecule has 0 atom stereocenters. The zero-order valence-corrected chi connectivity index (χ0v) is 12.9. The van der Waals surface area contributed by atoms with Crippen molar-refractivity contribution in [2.45, 2.75) is 13.8 Å². The van der Waals surface area contributed by atoms with Crippen molar-refractivity contribution in [3.8, 4) is 0 Å². The molecule has 2 N–H and O–H groups in total. The monoisotopic (exact) mass is 330 g/mol. The molecular weight excluding hydrogens is 316 g/mol. The quantitative estimate of drug-likeness (QED) is 0.471. The molecule has 0 aromatic heterocycles. The Morgan fingerprint density at radius 1 is 0.958 bits per heavy atom. The highest BCUT2D eigenvalue weighted by molar-refractivity contribution is 6.07. The van der Waals surface area contributed by atoms with Gasteiger partial charge in [0.1, 0.15) is 16.8 Å². The maximum Gasteiger partial charge on any atom is 0.353 e. The molecule has 0 aliphatic rings. The lowest BCUT2D eigenvalue weighted by molar-refractivity contribution is -0.715. The third-order valence-electron chi connectivity index (χ3n) is 3.47. The highest BCUT2D eigenvalue weighted by Crippen LogP contribution is 2.20. The van der Waals surface area contributed by atoms with Gasteiger partial charge in [-0.25, -0.2) is 9.59 Å². The van der Waals surface area contributed by atoms with E-state index >= 15 is 0 Å². The number of ether oxygens (including phenoxy) is 1. The van der Waals surface area contributed by atoms with Gasteiger partial charge in [0.15, 0.2) is 0 Å².